The van der Waals surface area contributed by atoms with Gasteiger partial charge in [0.1, 0.15) is 0 Å². The van der Waals surface area contributed by atoms with Crippen LogP contribution in [0.2, 0.25) is 0 Å². The minimum absolute atomic E-state index is 0.186. The van der Waals surface area contributed by atoms with Gasteiger partial charge in [0.25, 0.3) is 5.91 Å². The fraction of sp³-hybridized carbons (Fsp3) is 0.700. The Bertz CT molecular complexity index is 371. The fourth-order valence-corrected chi connectivity index (χ4v) is 1.82. The number of hydrogen-bond donors (Lipinski definition) is 2. The van der Waals surface area contributed by atoms with Crippen LogP contribution >= 0.6 is 11.3 Å². The number of carbonyl (C=O) groups excluding carboxylic acids is 1. The zero-order valence-electron chi connectivity index (χ0n) is 10.9. The summed E-state index contributed by atoms with van der Waals surface area (Å²) in [5.74, 6) is -0.186. The first-order valence-electron chi connectivity index (χ1n) is 5.64. The Morgan fingerprint density at radius 1 is 1.44 bits per heavy atom. The van der Waals surface area contributed by atoms with E-state index in [-0.39, 0.29) is 5.91 Å². The fourth-order valence-electron chi connectivity index (χ4n) is 1.21. The first-order chi connectivity index (χ1) is 8.67. The van der Waals surface area contributed by atoms with Crippen LogP contribution in [0.1, 0.15) is 9.80 Å². The average molecular weight is 273 g/mol. The molecule has 1 aromatic rings. The minimum atomic E-state index is -0.186. The van der Waals surface area contributed by atoms with E-state index in [0.717, 1.165) is 13.1 Å². The van der Waals surface area contributed by atoms with Crippen LogP contribution in [0.25, 0.3) is 0 Å². The molecule has 1 rings (SSSR count). The van der Waals surface area contributed by atoms with Crippen LogP contribution in [0, 0.1) is 0 Å². The third-order valence-electron chi connectivity index (χ3n) is 2.29. The summed E-state index contributed by atoms with van der Waals surface area (Å²) in [6.45, 7) is 2.88. The molecule has 8 heteroatoms. The Labute approximate surface area is 111 Å². The van der Waals surface area contributed by atoms with Crippen LogP contribution in [-0.4, -0.2) is 68.5 Å². The molecule has 0 spiro atoms. The number of nitrogens with one attached hydrogen (secondary N) is 2. The van der Waals surface area contributed by atoms with Crippen molar-refractivity contribution >= 4 is 22.4 Å². The molecule has 102 valence electrons. The lowest BCUT2D eigenvalue weighted by atomic mass is 10.5. The Morgan fingerprint density at radius 2 is 2.22 bits per heavy atom. The molecule has 1 amide bonds. The van der Waals surface area contributed by atoms with Gasteiger partial charge in [-0.05, 0) is 7.05 Å². The molecule has 0 saturated carbocycles. The molecular weight excluding hydrogens is 254 g/mol. The maximum Gasteiger partial charge on any atom is 0.282 e. The SMILES string of the molecule is CNc1nnc(C(=O)NCCN(C)CCOC)s1. The molecular formula is C10H19N5O2S. The smallest absolute Gasteiger partial charge is 0.282 e. The van der Waals surface area contributed by atoms with E-state index in [1.165, 1.54) is 11.3 Å². The Kier molecular flexibility index (Phi) is 6.55. The summed E-state index contributed by atoms with van der Waals surface area (Å²) >= 11 is 1.23. The summed E-state index contributed by atoms with van der Waals surface area (Å²) < 4.78 is 4.97. The minimum Gasteiger partial charge on any atom is -0.383 e. The van der Waals surface area contributed by atoms with E-state index in [4.69, 9.17) is 4.74 Å². The first-order valence-corrected chi connectivity index (χ1v) is 6.46. The van der Waals surface area contributed by atoms with Gasteiger partial charge in [0.15, 0.2) is 0 Å². The zero-order chi connectivity index (χ0) is 13.4. The summed E-state index contributed by atoms with van der Waals surface area (Å²) in [7, 11) is 5.40. The number of aromatic nitrogens is 2. The Balaban J connectivity index is 2.24. The van der Waals surface area contributed by atoms with E-state index >= 15 is 0 Å². The lowest BCUT2D eigenvalue weighted by Gasteiger charge is -2.15. The normalized spacial score (nSPS) is 10.7. The predicted molar refractivity (Wildman–Crippen MR) is 71.2 cm³/mol. The van der Waals surface area contributed by atoms with Crippen molar-refractivity contribution in [1.29, 1.82) is 0 Å². The highest BCUT2D eigenvalue weighted by atomic mass is 32.1. The van der Waals surface area contributed by atoms with E-state index in [0.29, 0.717) is 23.3 Å². The number of rotatable bonds is 8. The largest absolute Gasteiger partial charge is 0.383 e. The summed E-state index contributed by atoms with van der Waals surface area (Å²) in [5.41, 5.74) is 0. The third kappa shape index (κ3) is 4.94. The maximum atomic E-state index is 11.7. The van der Waals surface area contributed by atoms with Crippen molar-refractivity contribution in [1.82, 2.24) is 20.4 Å². The Morgan fingerprint density at radius 3 is 2.83 bits per heavy atom. The van der Waals surface area contributed by atoms with Gasteiger partial charge < -0.3 is 20.3 Å². The summed E-state index contributed by atoms with van der Waals surface area (Å²) in [6.07, 6.45) is 0. The number of ether oxygens (including phenoxy) is 1. The molecule has 0 saturated heterocycles. The molecule has 0 fully saturated rings. The molecule has 0 aliphatic heterocycles. The van der Waals surface area contributed by atoms with Crippen molar-refractivity contribution < 1.29 is 9.53 Å². The number of amides is 1. The predicted octanol–water partition coefficient (Wildman–Crippen LogP) is -0.112. The molecule has 0 bridgehead atoms. The molecule has 0 aliphatic carbocycles. The van der Waals surface area contributed by atoms with Crippen LogP contribution in [0.15, 0.2) is 0 Å². The molecule has 1 heterocycles. The highest BCUT2D eigenvalue weighted by Gasteiger charge is 2.11. The van der Waals surface area contributed by atoms with Gasteiger partial charge in [0.05, 0.1) is 6.61 Å². The number of likely N-dealkylation sites (N-methyl/N-ethyl adjacent to an activating group) is 1. The highest BCUT2D eigenvalue weighted by molar-refractivity contribution is 7.17. The topological polar surface area (TPSA) is 79.4 Å². The van der Waals surface area contributed by atoms with Gasteiger partial charge in [-0.2, -0.15) is 0 Å². The van der Waals surface area contributed by atoms with E-state index < -0.39 is 0 Å². The van der Waals surface area contributed by atoms with Crippen molar-refractivity contribution in [2.45, 2.75) is 0 Å². The summed E-state index contributed by atoms with van der Waals surface area (Å²) in [5, 5.41) is 14.3. The monoisotopic (exact) mass is 273 g/mol. The van der Waals surface area contributed by atoms with E-state index in [1.54, 1.807) is 14.2 Å². The zero-order valence-corrected chi connectivity index (χ0v) is 11.7. The number of carbonyl (C=O) groups is 1. The number of nitrogens with zero attached hydrogens (tertiary/aromatic N) is 3. The van der Waals surface area contributed by atoms with Crippen LogP contribution in [-0.2, 0) is 4.74 Å². The van der Waals surface area contributed by atoms with Gasteiger partial charge in [0, 0.05) is 33.8 Å². The number of hydrogen-bond acceptors (Lipinski definition) is 7. The van der Waals surface area contributed by atoms with E-state index in [2.05, 4.69) is 25.7 Å². The van der Waals surface area contributed by atoms with Crippen molar-refractivity contribution in [3.63, 3.8) is 0 Å². The average Bonchev–Trinajstić information content (AvgIpc) is 2.85. The number of methoxy groups -OCH3 is 1. The molecule has 0 unspecified atom stereocenters. The molecule has 7 nitrogen and oxygen atoms in total. The molecule has 0 aliphatic rings. The molecule has 0 aromatic carbocycles. The second-order valence-electron chi connectivity index (χ2n) is 3.71. The molecule has 1 aromatic heterocycles. The lowest BCUT2D eigenvalue weighted by molar-refractivity contribution is 0.0946. The molecule has 0 radical (unpaired) electrons. The maximum absolute atomic E-state index is 11.7. The second-order valence-corrected chi connectivity index (χ2v) is 4.69. The van der Waals surface area contributed by atoms with Crippen molar-refractivity contribution in [2.75, 3.05) is 52.8 Å². The van der Waals surface area contributed by atoms with Gasteiger partial charge in [-0.3, -0.25) is 4.79 Å². The standard InChI is InChI=1S/C10H19N5O2S/c1-11-10-14-13-9(18-10)8(16)12-4-5-15(2)6-7-17-3/h4-7H2,1-3H3,(H,11,14)(H,12,16). The van der Waals surface area contributed by atoms with Gasteiger partial charge in [-0.25, -0.2) is 0 Å². The molecule has 0 atom stereocenters. The number of anilines is 1. The summed E-state index contributed by atoms with van der Waals surface area (Å²) in [4.78, 5) is 13.8. The van der Waals surface area contributed by atoms with E-state index in [1.807, 2.05) is 7.05 Å². The van der Waals surface area contributed by atoms with Crippen LogP contribution in [0.3, 0.4) is 0 Å². The van der Waals surface area contributed by atoms with E-state index in [9.17, 15) is 4.79 Å². The van der Waals surface area contributed by atoms with Crippen molar-refractivity contribution in [3.05, 3.63) is 5.01 Å². The first kappa shape index (κ1) is 14.8. The second kappa shape index (κ2) is 7.96. The van der Waals surface area contributed by atoms with Crippen molar-refractivity contribution in [3.8, 4) is 0 Å². The third-order valence-corrected chi connectivity index (χ3v) is 3.23. The van der Waals surface area contributed by atoms with Crippen LogP contribution in [0.4, 0.5) is 5.13 Å². The van der Waals surface area contributed by atoms with Gasteiger partial charge >= 0.3 is 0 Å². The lowest BCUT2D eigenvalue weighted by Crippen LogP contribution is -2.34. The van der Waals surface area contributed by atoms with Gasteiger partial charge in [-0.15, -0.1) is 10.2 Å². The van der Waals surface area contributed by atoms with Gasteiger partial charge in [0.2, 0.25) is 10.1 Å². The van der Waals surface area contributed by atoms with Crippen LogP contribution in [0.5, 0.6) is 0 Å². The van der Waals surface area contributed by atoms with Crippen molar-refractivity contribution in [2.24, 2.45) is 0 Å². The summed E-state index contributed by atoms with van der Waals surface area (Å²) in [6, 6.07) is 0. The van der Waals surface area contributed by atoms with Crippen LogP contribution < -0.4 is 10.6 Å². The highest BCUT2D eigenvalue weighted by Crippen LogP contribution is 2.13. The molecule has 18 heavy (non-hydrogen) atoms. The van der Waals surface area contributed by atoms with Gasteiger partial charge in [-0.1, -0.05) is 11.3 Å². The molecule has 2 N–H and O–H groups in total. The quantitative estimate of drug-likeness (QED) is 0.688. The Hall–Kier alpha value is -1.25.